The Bertz CT molecular complexity index is 1340. The second-order valence-corrected chi connectivity index (χ2v) is 9.31. The standard InChI is InChI=1S/C25H25N3O2S/c1-16-7-8-21-19(13-16)23-20(24(29)27-21)14-22(31-23)25(30)26-10-4-11-28-12-9-17-5-2-3-6-18(17)15-28/h2-3,5-8,13-14H,4,9-12,15H2,1H3,(H,26,30)(H,27,29). The van der Waals surface area contributed by atoms with Crippen LogP contribution in [0.4, 0.5) is 0 Å². The molecule has 0 aliphatic carbocycles. The maximum atomic E-state index is 12.7. The van der Waals surface area contributed by atoms with Gasteiger partial charge in [0.25, 0.3) is 11.5 Å². The number of carbonyl (C=O) groups is 1. The summed E-state index contributed by atoms with van der Waals surface area (Å²) in [5.74, 6) is -0.106. The molecule has 0 bridgehead atoms. The van der Waals surface area contributed by atoms with Gasteiger partial charge in [-0.05, 0) is 49.1 Å². The molecule has 0 spiro atoms. The number of carbonyl (C=O) groups excluding carboxylic acids is 1. The first kappa shape index (κ1) is 20.0. The van der Waals surface area contributed by atoms with Crippen molar-refractivity contribution in [2.75, 3.05) is 19.6 Å². The molecule has 5 nitrogen and oxygen atoms in total. The normalized spacial score (nSPS) is 14.1. The molecule has 5 rings (SSSR count). The maximum Gasteiger partial charge on any atom is 0.261 e. The van der Waals surface area contributed by atoms with Crippen LogP contribution in [0.5, 0.6) is 0 Å². The Morgan fingerprint density at radius 1 is 1.13 bits per heavy atom. The summed E-state index contributed by atoms with van der Waals surface area (Å²) in [5.41, 5.74) is 4.65. The minimum atomic E-state index is -0.146. The lowest BCUT2D eigenvalue weighted by molar-refractivity contribution is 0.0955. The highest BCUT2D eigenvalue weighted by atomic mass is 32.1. The lowest BCUT2D eigenvalue weighted by Crippen LogP contribution is -2.33. The van der Waals surface area contributed by atoms with E-state index in [9.17, 15) is 9.59 Å². The number of aromatic amines is 1. The Labute approximate surface area is 184 Å². The largest absolute Gasteiger partial charge is 0.351 e. The predicted molar refractivity (Wildman–Crippen MR) is 127 cm³/mol. The van der Waals surface area contributed by atoms with E-state index < -0.39 is 0 Å². The van der Waals surface area contributed by atoms with E-state index in [2.05, 4.69) is 45.5 Å². The fraction of sp³-hybridized carbons (Fsp3) is 0.280. The molecule has 0 atom stereocenters. The third-order valence-electron chi connectivity index (χ3n) is 6.01. The fourth-order valence-corrected chi connectivity index (χ4v) is 5.45. The van der Waals surface area contributed by atoms with E-state index in [-0.39, 0.29) is 11.5 Å². The van der Waals surface area contributed by atoms with Gasteiger partial charge in [-0.2, -0.15) is 0 Å². The van der Waals surface area contributed by atoms with Crippen molar-refractivity contribution in [1.29, 1.82) is 0 Å². The Balaban J connectivity index is 1.23. The summed E-state index contributed by atoms with van der Waals surface area (Å²) in [6.07, 6.45) is 1.99. The minimum absolute atomic E-state index is 0.106. The molecule has 0 unspecified atom stereocenters. The van der Waals surface area contributed by atoms with Gasteiger partial charge in [-0.1, -0.05) is 35.9 Å². The number of aromatic nitrogens is 1. The van der Waals surface area contributed by atoms with E-state index in [1.54, 1.807) is 6.07 Å². The highest BCUT2D eigenvalue weighted by molar-refractivity contribution is 7.21. The third-order valence-corrected chi connectivity index (χ3v) is 7.18. The summed E-state index contributed by atoms with van der Waals surface area (Å²) in [7, 11) is 0. The fourth-order valence-electron chi connectivity index (χ4n) is 4.35. The van der Waals surface area contributed by atoms with Gasteiger partial charge in [-0.15, -0.1) is 11.3 Å². The van der Waals surface area contributed by atoms with Crippen molar-refractivity contribution in [3.63, 3.8) is 0 Å². The molecule has 0 saturated heterocycles. The number of hydrogen-bond donors (Lipinski definition) is 2. The van der Waals surface area contributed by atoms with E-state index in [0.29, 0.717) is 16.8 Å². The zero-order valence-corrected chi connectivity index (χ0v) is 18.3. The average Bonchev–Trinajstić information content (AvgIpc) is 3.24. The van der Waals surface area contributed by atoms with Crippen LogP contribution in [0, 0.1) is 6.92 Å². The number of thiophene rings is 1. The first-order chi connectivity index (χ1) is 15.1. The van der Waals surface area contributed by atoms with Crippen LogP contribution < -0.4 is 10.9 Å². The number of H-pyrrole nitrogens is 1. The molecule has 2 aromatic carbocycles. The van der Waals surface area contributed by atoms with Crippen molar-refractivity contribution in [3.8, 4) is 0 Å². The van der Waals surface area contributed by atoms with Gasteiger partial charge in [-0.25, -0.2) is 0 Å². The Hall–Kier alpha value is -2.96. The van der Waals surface area contributed by atoms with Gasteiger partial charge < -0.3 is 10.3 Å². The summed E-state index contributed by atoms with van der Waals surface area (Å²) in [6, 6.07) is 16.3. The lowest BCUT2D eigenvalue weighted by Gasteiger charge is -2.28. The number of rotatable bonds is 5. The molecule has 158 valence electrons. The first-order valence-corrected chi connectivity index (χ1v) is 11.5. The number of amides is 1. The summed E-state index contributed by atoms with van der Waals surface area (Å²) >= 11 is 1.39. The second-order valence-electron chi connectivity index (χ2n) is 8.26. The molecule has 2 aromatic heterocycles. The van der Waals surface area contributed by atoms with Crippen LogP contribution in [0.25, 0.3) is 21.0 Å². The van der Waals surface area contributed by atoms with E-state index in [1.807, 2.05) is 19.1 Å². The van der Waals surface area contributed by atoms with Gasteiger partial charge in [0.05, 0.1) is 10.3 Å². The van der Waals surface area contributed by atoms with E-state index in [0.717, 1.165) is 53.6 Å². The van der Waals surface area contributed by atoms with Crippen LogP contribution in [0.15, 0.2) is 53.3 Å². The summed E-state index contributed by atoms with van der Waals surface area (Å²) < 4.78 is 0.875. The molecular formula is C25H25N3O2S. The molecule has 1 aliphatic heterocycles. The summed E-state index contributed by atoms with van der Waals surface area (Å²) in [5, 5.41) is 4.60. The Morgan fingerprint density at radius 3 is 2.84 bits per heavy atom. The Morgan fingerprint density at radius 2 is 1.97 bits per heavy atom. The van der Waals surface area contributed by atoms with Crippen molar-refractivity contribution in [2.45, 2.75) is 26.3 Å². The van der Waals surface area contributed by atoms with Crippen LogP contribution in [0.2, 0.25) is 0 Å². The Kier molecular flexibility index (Phi) is 5.34. The third kappa shape index (κ3) is 4.01. The quantitative estimate of drug-likeness (QED) is 0.465. The van der Waals surface area contributed by atoms with Crippen molar-refractivity contribution < 1.29 is 4.79 Å². The van der Waals surface area contributed by atoms with Crippen LogP contribution >= 0.6 is 11.3 Å². The highest BCUT2D eigenvalue weighted by Gasteiger charge is 2.17. The topological polar surface area (TPSA) is 65.2 Å². The number of fused-ring (bicyclic) bond motifs is 4. The van der Waals surface area contributed by atoms with Gasteiger partial charge in [0.2, 0.25) is 0 Å². The van der Waals surface area contributed by atoms with Gasteiger partial charge in [0.1, 0.15) is 0 Å². The smallest absolute Gasteiger partial charge is 0.261 e. The van der Waals surface area contributed by atoms with Gasteiger partial charge in [-0.3, -0.25) is 14.5 Å². The number of nitrogens with one attached hydrogen (secondary N) is 2. The molecule has 0 fully saturated rings. The van der Waals surface area contributed by atoms with E-state index >= 15 is 0 Å². The molecule has 4 aromatic rings. The lowest BCUT2D eigenvalue weighted by atomic mass is 10.00. The first-order valence-electron chi connectivity index (χ1n) is 10.7. The SMILES string of the molecule is Cc1ccc2[nH]c(=O)c3cc(C(=O)NCCCN4CCc5ccccc5C4)sc3c2c1. The zero-order valence-electron chi connectivity index (χ0n) is 17.5. The van der Waals surface area contributed by atoms with Crippen molar-refractivity contribution in [3.05, 3.63) is 80.5 Å². The van der Waals surface area contributed by atoms with Crippen molar-refractivity contribution in [1.82, 2.24) is 15.2 Å². The number of pyridine rings is 1. The second kappa shape index (κ2) is 8.29. The molecular weight excluding hydrogens is 406 g/mol. The molecule has 2 N–H and O–H groups in total. The average molecular weight is 432 g/mol. The molecule has 6 heteroatoms. The number of benzene rings is 2. The molecule has 3 heterocycles. The number of aryl methyl sites for hydroxylation is 1. The monoisotopic (exact) mass is 431 g/mol. The zero-order chi connectivity index (χ0) is 21.4. The van der Waals surface area contributed by atoms with Crippen LogP contribution in [-0.4, -0.2) is 35.4 Å². The van der Waals surface area contributed by atoms with Gasteiger partial charge in [0.15, 0.2) is 0 Å². The molecule has 0 radical (unpaired) electrons. The maximum absolute atomic E-state index is 12.7. The van der Waals surface area contributed by atoms with E-state index in [1.165, 1.54) is 22.5 Å². The van der Waals surface area contributed by atoms with Crippen LogP contribution in [-0.2, 0) is 13.0 Å². The van der Waals surface area contributed by atoms with Gasteiger partial charge in [0, 0.05) is 41.8 Å². The molecule has 1 aliphatic rings. The van der Waals surface area contributed by atoms with Gasteiger partial charge >= 0.3 is 0 Å². The molecule has 1 amide bonds. The summed E-state index contributed by atoms with van der Waals surface area (Å²) in [6.45, 7) is 5.66. The highest BCUT2D eigenvalue weighted by Crippen LogP contribution is 2.30. The van der Waals surface area contributed by atoms with Crippen molar-refractivity contribution >= 4 is 38.2 Å². The minimum Gasteiger partial charge on any atom is -0.351 e. The predicted octanol–water partition coefficient (Wildman–Crippen LogP) is 4.23. The number of hydrogen-bond acceptors (Lipinski definition) is 4. The number of nitrogens with zero attached hydrogens (tertiary/aromatic N) is 1. The van der Waals surface area contributed by atoms with Crippen LogP contribution in [0.3, 0.4) is 0 Å². The summed E-state index contributed by atoms with van der Waals surface area (Å²) in [4.78, 5) is 31.1. The van der Waals surface area contributed by atoms with Crippen LogP contribution in [0.1, 0.15) is 32.8 Å². The van der Waals surface area contributed by atoms with E-state index in [4.69, 9.17) is 0 Å². The molecule has 31 heavy (non-hydrogen) atoms. The molecule has 0 saturated carbocycles. The van der Waals surface area contributed by atoms with Crippen molar-refractivity contribution in [2.24, 2.45) is 0 Å².